The highest BCUT2D eigenvalue weighted by molar-refractivity contribution is 5.85. The van der Waals surface area contributed by atoms with Crippen LogP contribution in [-0.2, 0) is 11.3 Å². The van der Waals surface area contributed by atoms with Crippen LogP contribution in [-0.4, -0.2) is 40.8 Å². The van der Waals surface area contributed by atoms with Gasteiger partial charge in [-0.25, -0.2) is 0 Å². The van der Waals surface area contributed by atoms with E-state index in [1.165, 1.54) is 0 Å². The molecule has 1 rings (SSSR count). The van der Waals surface area contributed by atoms with Crippen molar-refractivity contribution in [2.75, 3.05) is 34.9 Å². The Labute approximate surface area is 137 Å². The Morgan fingerprint density at radius 1 is 1.14 bits per heavy atom. The second-order valence-corrected chi connectivity index (χ2v) is 4.67. The summed E-state index contributed by atoms with van der Waals surface area (Å²) in [5.41, 5.74) is 0.833. The second kappa shape index (κ2) is 10.1. The molecule has 0 saturated carbocycles. The summed E-state index contributed by atoms with van der Waals surface area (Å²) in [6, 6.07) is 3.64. The molecule has 0 aliphatic rings. The molecule has 0 heterocycles. The van der Waals surface area contributed by atoms with E-state index in [2.05, 4.69) is 10.6 Å². The van der Waals surface area contributed by atoms with Crippen LogP contribution < -0.4 is 24.8 Å². The van der Waals surface area contributed by atoms with Crippen molar-refractivity contribution in [3.63, 3.8) is 0 Å². The van der Waals surface area contributed by atoms with E-state index in [-0.39, 0.29) is 24.2 Å². The number of hydrogen-bond acceptors (Lipinski definition) is 5. The fourth-order valence-corrected chi connectivity index (χ4v) is 2.06. The lowest BCUT2D eigenvalue weighted by atomic mass is 10.1. The van der Waals surface area contributed by atoms with Crippen molar-refractivity contribution in [2.24, 2.45) is 5.92 Å². The number of ether oxygens (including phenoxy) is 3. The van der Waals surface area contributed by atoms with Gasteiger partial charge in [0.2, 0.25) is 11.7 Å². The molecule has 0 aromatic heterocycles. The third kappa shape index (κ3) is 4.96. The summed E-state index contributed by atoms with van der Waals surface area (Å²) in [4.78, 5) is 11.9. The number of rotatable bonds is 8. The van der Waals surface area contributed by atoms with E-state index in [1.807, 2.05) is 20.0 Å². The summed E-state index contributed by atoms with van der Waals surface area (Å²) in [5, 5.41) is 5.87. The molecule has 2 N–H and O–H groups in total. The number of methoxy groups -OCH3 is 3. The number of hydrogen-bond donors (Lipinski definition) is 2. The first-order valence-electron chi connectivity index (χ1n) is 6.79. The molecular weight excluding hydrogens is 308 g/mol. The Bertz CT molecular complexity index is 483. The van der Waals surface area contributed by atoms with Gasteiger partial charge in [0, 0.05) is 24.6 Å². The van der Waals surface area contributed by atoms with Gasteiger partial charge >= 0.3 is 0 Å². The van der Waals surface area contributed by atoms with E-state index in [0.717, 1.165) is 5.56 Å². The molecule has 0 aliphatic heterocycles. The molecule has 0 saturated heterocycles. The van der Waals surface area contributed by atoms with Crippen LogP contribution in [0.15, 0.2) is 12.1 Å². The zero-order valence-corrected chi connectivity index (χ0v) is 14.5. The van der Waals surface area contributed by atoms with Gasteiger partial charge in [-0.1, -0.05) is 6.92 Å². The van der Waals surface area contributed by atoms with Gasteiger partial charge in [-0.15, -0.1) is 12.4 Å². The monoisotopic (exact) mass is 332 g/mol. The summed E-state index contributed by atoms with van der Waals surface area (Å²) >= 11 is 0. The summed E-state index contributed by atoms with van der Waals surface area (Å²) in [6.45, 7) is 2.88. The first kappa shape index (κ1) is 20.3. The molecule has 7 heteroatoms. The molecule has 1 aromatic rings. The fraction of sp³-hybridized carbons (Fsp3) is 0.533. The van der Waals surface area contributed by atoms with Crippen LogP contribution in [0, 0.1) is 5.92 Å². The van der Waals surface area contributed by atoms with Gasteiger partial charge in [0.1, 0.15) is 0 Å². The standard InChI is InChI=1S/C15H24N2O4.ClH/c1-10(8-16-2)15(18)17-9-11-6-7-12(19-3)14(21-5)13(11)20-4;/h6-7,10,16H,8-9H2,1-5H3,(H,17,18);1H. The molecule has 1 atom stereocenters. The van der Waals surface area contributed by atoms with E-state index in [4.69, 9.17) is 14.2 Å². The van der Waals surface area contributed by atoms with E-state index in [0.29, 0.717) is 30.3 Å². The molecule has 0 aliphatic carbocycles. The second-order valence-electron chi connectivity index (χ2n) is 4.67. The Morgan fingerprint density at radius 2 is 1.77 bits per heavy atom. The third-order valence-corrected chi connectivity index (χ3v) is 3.20. The minimum absolute atomic E-state index is 0. The molecular formula is C15H25ClN2O4. The smallest absolute Gasteiger partial charge is 0.224 e. The van der Waals surface area contributed by atoms with E-state index in [1.54, 1.807) is 27.4 Å². The van der Waals surface area contributed by atoms with Crippen LogP contribution in [0.3, 0.4) is 0 Å². The van der Waals surface area contributed by atoms with Gasteiger partial charge in [-0.3, -0.25) is 4.79 Å². The zero-order valence-electron chi connectivity index (χ0n) is 13.7. The summed E-state index contributed by atoms with van der Waals surface area (Å²) in [5.74, 6) is 1.57. The quantitative estimate of drug-likeness (QED) is 0.757. The van der Waals surface area contributed by atoms with Crippen molar-refractivity contribution in [2.45, 2.75) is 13.5 Å². The lowest BCUT2D eigenvalue weighted by Crippen LogP contribution is -2.34. The van der Waals surface area contributed by atoms with Crippen molar-refractivity contribution >= 4 is 18.3 Å². The lowest BCUT2D eigenvalue weighted by Gasteiger charge is -2.17. The predicted octanol–water partition coefficient (Wildman–Crippen LogP) is 1.61. The van der Waals surface area contributed by atoms with E-state index >= 15 is 0 Å². The Hall–Kier alpha value is -1.66. The van der Waals surface area contributed by atoms with Crippen molar-refractivity contribution < 1.29 is 19.0 Å². The van der Waals surface area contributed by atoms with E-state index < -0.39 is 0 Å². The molecule has 1 aromatic carbocycles. The molecule has 6 nitrogen and oxygen atoms in total. The molecule has 1 amide bonds. The maximum atomic E-state index is 11.9. The minimum atomic E-state index is -0.0962. The average molecular weight is 333 g/mol. The van der Waals surface area contributed by atoms with Crippen LogP contribution in [0.2, 0.25) is 0 Å². The van der Waals surface area contributed by atoms with Gasteiger partial charge in [0.15, 0.2) is 11.5 Å². The van der Waals surface area contributed by atoms with Crippen molar-refractivity contribution in [1.29, 1.82) is 0 Å². The molecule has 0 spiro atoms. The summed E-state index contributed by atoms with van der Waals surface area (Å²) in [7, 11) is 6.50. The first-order valence-corrected chi connectivity index (χ1v) is 6.79. The Morgan fingerprint density at radius 3 is 2.27 bits per heavy atom. The highest BCUT2D eigenvalue weighted by atomic mass is 35.5. The normalized spacial score (nSPS) is 11.1. The van der Waals surface area contributed by atoms with Crippen LogP contribution in [0.25, 0.3) is 0 Å². The fourth-order valence-electron chi connectivity index (χ4n) is 2.06. The number of carbonyl (C=O) groups excluding carboxylic acids is 1. The maximum absolute atomic E-state index is 11.9. The maximum Gasteiger partial charge on any atom is 0.224 e. The molecule has 0 bridgehead atoms. The van der Waals surface area contributed by atoms with Gasteiger partial charge in [-0.05, 0) is 19.2 Å². The van der Waals surface area contributed by atoms with E-state index in [9.17, 15) is 4.79 Å². The molecule has 1 unspecified atom stereocenters. The SMILES string of the molecule is CNCC(C)C(=O)NCc1ccc(OC)c(OC)c1OC.Cl. The first-order chi connectivity index (χ1) is 10.1. The van der Waals surface area contributed by atoms with Crippen molar-refractivity contribution in [3.8, 4) is 17.2 Å². The number of benzene rings is 1. The molecule has 0 radical (unpaired) electrons. The highest BCUT2D eigenvalue weighted by Crippen LogP contribution is 2.39. The number of halogens is 1. The minimum Gasteiger partial charge on any atom is -0.493 e. The predicted molar refractivity (Wildman–Crippen MR) is 88.3 cm³/mol. The van der Waals surface area contributed by atoms with Crippen LogP contribution in [0.5, 0.6) is 17.2 Å². The van der Waals surface area contributed by atoms with Crippen LogP contribution >= 0.6 is 12.4 Å². The van der Waals surface area contributed by atoms with Gasteiger partial charge in [0.05, 0.1) is 21.3 Å². The highest BCUT2D eigenvalue weighted by Gasteiger charge is 2.17. The number of amides is 1. The van der Waals surface area contributed by atoms with Gasteiger partial charge < -0.3 is 24.8 Å². The van der Waals surface area contributed by atoms with Gasteiger partial charge in [-0.2, -0.15) is 0 Å². The molecule has 22 heavy (non-hydrogen) atoms. The van der Waals surface area contributed by atoms with Gasteiger partial charge in [0.25, 0.3) is 0 Å². The summed E-state index contributed by atoms with van der Waals surface area (Å²) in [6.07, 6.45) is 0. The zero-order chi connectivity index (χ0) is 15.8. The van der Waals surface area contributed by atoms with Crippen LogP contribution in [0.1, 0.15) is 12.5 Å². The number of nitrogens with one attached hydrogen (secondary N) is 2. The summed E-state index contributed by atoms with van der Waals surface area (Å²) < 4.78 is 15.9. The van der Waals surface area contributed by atoms with Crippen LogP contribution in [0.4, 0.5) is 0 Å². The topological polar surface area (TPSA) is 68.8 Å². The molecule has 0 fully saturated rings. The molecule has 126 valence electrons. The average Bonchev–Trinajstić information content (AvgIpc) is 2.51. The Kier molecular flexibility index (Phi) is 9.37. The third-order valence-electron chi connectivity index (χ3n) is 3.20. The van der Waals surface area contributed by atoms with Crippen molar-refractivity contribution in [3.05, 3.63) is 17.7 Å². The van der Waals surface area contributed by atoms with Crippen molar-refractivity contribution in [1.82, 2.24) is 10.6 Å². The Balaban J connectivity index is 0.00000441. The lowest BCUT2D eigenvalue weighted by molar-refractivity contribution is -0.124. The number of carbonyl (C=O) groups is 1. The largest absolute Gasteiger partial charge is 0.493 e.